The molecule has 1 atom stereocenters. The lowest BCUT2D eigenvalue weighted by molar-refractivity contribution is -0.159. The molecule has 0 spiro atoms. The van der Waals surface area contributed by atoms with E-state index in [-0.39, 0.29) is 0 Å². The van der Waals surface area contributed by atoms with Gasteiger partial charge < -0.3 is 15.1 Å². The zero-order valence-electron chi connectivity index (χ0n) is 10.1. The highest BCUT2D eigenvalue weighted by atomic mass is 16.4. The van der Waals surface area contributed by atoms with Crippen LogP contribution < -0.4 is 0 Å². The molecule has 5 nitrogen and oxygen atoms in total. The van der Waals surface area contributed by atoms with Crippen LogP contribution in [0.25, 0.3) is 0 Å². The molecule has 0 amide bonds. The second kappa shape index (κ2) is 9.84. The van der Waals surface area contributed by atoms with Gasteiger partial charge in [-0.25, -0.2) is 9.59 Å². The smallest absolute Gasteiger partial charge is 0.414 e. The molecule has 0 saturated carbocycles. The van der Waals surface area contributed by atoms with Gasteiger partial charge in [0.05, 0.1) is 0 Å². The molecule has 92 valence electrons. The molecule has 5 heteroatoms. The van der Waals surface area contributed by atoms with Crippen molar-refractivity contribution >= 4 is 11.9 Å². The van der Waals surface area contributed by atoms with Gasteiger partial charge in [0.2, 0.25) is 0 Å². The highest BCUT2D eigenvalue weighted by molar-refractivity contribution is 6.27. The quantitative estimate of drug-likeness (QED) is 0.432. The van der Waals surface area contributed by atoms with E-state index in [1.165, 1.54) is 12.8 Å². The maximum absolute atomic E-state index is 9.10. The molecule has 0 saturated heterocycles. The van der Waals surface area contributed by atoms with Gasteiger partial charge in [0.15, 0.2) is 0 Å². The van der Waals surface area contributed by atoms with Crippen LogP contribution in [-0.2, 0) is 9.59 Å². The van der Waals surface area contributed by atoms with Crippen molar-refractivity contribution in [3.05, 3.63) is 0 Å². The number of nitrogens with zero attached hydrogens (tertiary/aromatic N) is 1. The number of carboxylic acid groups (broad SMARTS) is 2. The van der Waals surface area contributed by atoms with E-state index in [9.17, 15) is 0 Å². The van der Waals surface area contributed by atoms with Gasteiger partial charge in [0, 0.05) is 19.1 Å². The molecule has 0 aromatic rings. The fourth-order valence-corrected chi connectivity index (χ4v) is 0.898. The molecule has 0 aliphatic rings. The third-order valence-electron chi connectivity index (χ3n) is 1.84. The number of rotatable bonds is 3. The summed E-state index contributed by atoms with van der Waals surface area (Å²) in [5.74, 6) is -0.765. The van der Waals surface area contributed by atoms with Crippen molar-refractivity contribution in [3.8, 4) is 12.0 Å². The Morgan fingerprint density at radius 3 is 2.00 bits per heavy atom. The van der Waals surface area contributed by atoms with E-state index in [4.69, 9.17) is 19.8 Å². The number of aliphatic carboxylic acids is 2. The Hall–Kier alpha value is -1.70. The average molecular weight is 229 g/mol. The molecule has 2 N–H and O–H groups in total. The predicted molar refractivity (Wildman–Crippen MR) is 60.9 cm³/mol. The lowest BCUT2D eigenvalue weighted by atomic mass is 10.2. The van der Waals surface area contributed by atoms with Gasteiger partial charge in [-0.05, 0) is 20.3 Å². The Morgan fingerprint density at radius 2 is 1.75 bits per heavy atom. The van der Waals surface area contributed by atoms with Crippen LogP contribution in [0.4, 0.5) is 0 Å². The molecule has 0 aliphatic carbocycles. The van der Waals surface area contributed by atoms with Gasteiger partial charge in [0.1, 0.15) is 0 Å². The third kappa shape index (κ3) is 10.4. The van der Waals surface area contributed by atoms with Gasteiger partial charge in [-0.1, -0.05) is 19.3 Å². The van der Waals surface area contributed by atoms with Crippen molar-refractivity contribution in [1.29, 1.82) is 0 Å². The number of carboxylic acids is 2. The first kappa shape index (κ1) is 16.7. The molecule has 1 unspecified atom stereocenters. The number of carbonyl (C=O) groups is 2. The molecule has 0 radical (unpaired) electrons. The van der Waals surface area contributed by atoms with Crippen molar-refractivity contribution in [1.82, 2.24) is 4.90 Å². The van der Waals surface area contributed by atoms with Gasteiger partial charge >= 0.3 is 11.9 Å². The zero-order chi connectivity index (χ0) is 13.1. The summed E-state index contributed by atoms with van der Waals surface area (Å²) in [6.45, 7) is 6.27. The Bertz CT molecular complexity index is 265. The summed E-state index contributed by atoms with van der Waals surface area (Å²) in [6.07, 6.45) is 2.46. The fourth-order valence-electron chi connectivity index (χ4n) is 0.898. The lowest BCUT2D eigenvalue weighted by Crippen LogP contribution is -2.23. The van der Waals surface area contributed by atoms with Crippen LogP contribution in [0.3, 0.4) is 0 Å². The highest BCUT2D eigenvalue weighted by Crippen LogP contribution is 2.01. The van der Waals surface area contributed by atoms with E-state index >= 15 is 0 Å². The van der Waals surface area contributed by atoms with E-state index in [0.717, 1.165) is 0 Å². The molecule has 0 aliphatic heterocycles. The number of hydrogen-bond acceptors (Lipinski definition) is 3. The summed E-state index contributed by atoms with van der Waals surface area (Å²) in [7, 11) is 2.04. The average Bonchev–Trinajstić information content (AvgIpc) is 2.19. The third-order valence-corrected chi connectivity index (χ3v) is 1.84. The Labute approximate surface area is 96.1 Å². The van der Waals surface area contributed by atoms with Crippen molar-refractivity contribution < 1.29 is 19.8 Å². The monoisotopic (exact) mass is 229 g/mol. The minimum absolute atomic E-state index is 0.595. The van der Waals surface area contributed by atoms with E-state index in [1.54, 1.807) is 0 Å². The molecule has 0 aromatic carbocycles. The molecular formula is C11H19NO4. The minimum Gasteiger partial charge on any atom is -0.473 e. The summed E-state index contributed by atoms with van der Waals surface area (Å²) in [5.41, 5.74) is 0. The second-order valence-corrected chi connectivity index (χ2v) is 3.22. The maximum Gasteiger partial charge on any atom is 0.414 e. The van der Waals surface area contributed by atoms with Crippen LogP contribution in [-0.4, -0.2) is 40.1 Å². The first-order valence-electron chi connectivity index (χ1n) is 4.98. The molecule has 0 bridgehead atoms. The van der Waals surface area contributed by atoms with Crippen molar-refractivity contribution in [2.45, 2.75) is 39.7 Å². The van der Waals surface area contributed by atoms with E-state index < -0.39 is 11.9 Å². The van der Waals surface area contributed by atoms with Crippen LogP contribution in [0.15, 0.2) is 0 Å². The van der Waals surface area contributed by atoms with Crippen molar-refractivity contribution in [3.63, 3.8) is 0 Å². The number of hydrogen-bond donors (Lipinski definition) is 2. The van der Waals surface area contributed by atoms with Crippen LogP contribution >= 0.6 is 0 Å². The Kier molecular flexibility index (Phi) is 10.3. The minimum atomic E-state index is -1.82. The first-order chi connectivity index (χ1) is 7.36. The van der Waals surface area contributed by atoms with Crippen molar-refractivity contribution in [2.24, 2.45) is 0 Å². The van der Waals surface area contributed by atoms with Crippen LogP contribution in [0.2, 0.25) is 0 Å². The first-order valence-corrected chi connectivity index (χ1v) is 4.98. The summed E-state index contributed by atoms with van der Waals surface area (Å²) in [6, 6.07) is 3.61. The fraction of sp³-hybridized carbons (Fsp3) is 0.636. The summed E-state index contributed by atoms with van der Waals surface area (Å²) >= 11 is 0. The SMILES string of the molecule is CC#CN(C)C(C)CCC.O=C(O)C(=O)O. The van der Waals surface area contributed by atoms with Gasteiger partial charge in [-0.2, -0.15) is 0 Å². The second-order valence-electron chi connectivity index (χ2n) is 3.22. The molecule has 0 rings (SSSR count). The molecule has 0 heterocycles. The predicted octanol–water partition coefficient (Wildman–Crippen LogP) is 1.24. The highest BCUT2D eigenvalue weighted by Gasteiger charge is 2.04. The lowest BCUT2D eigenvalue weighted by Gasteiger charge is -2.19. The normalized spacial score (nSPS) is 10.0. The Morgan fingerprint density at radius 1 is 1.31 bits per heavy atom. The Balaban J connectivity index is 0. The van der Waals surface area contributed by atoms with E-state index in [0.29, 0.717) is 6.04 Å². The van der Waals surface area contributed by atoms with E-state index in [1.807, 2.05) is 14.0 Å². The van der Waals surface area contributed by atoms with Crippen molar-refractivity contribution in [2.75, 3.05) is 7.05 Å². The zero-order valence-corrected chi connectivity index (χ0v) is 10.1. The van der Waals surface area contributed by atoms with Crippen LogP contribution in [0, 0.1) is 12.0 Å². The molecule has 0 aromatic heterocycles. The largest absolute Gasteiger partial charge is 0.473 e. The molecular weight excluding hydrogens is 210 g/mol. The van der Waals surface area contributed by atoms with Crippen LogP contribution in [0.1, 0.15) is 33.6 Å². The van der Waals surface area contributed by atoms with Crippen LogP contribution in [0.5, 0.6) is 0 Å². The summed E-state index contributed by atoms with van der Waals surface area (Å²) in [5, 5.41) is 14.8. The maximum atomic E-state index is 9.10. The van der Waals surface area contributed by atoms with Gasteiger partial charge in [-0.3, -0.25) is 0 Å². The van der Waals surface area contributed by atoms with E-state index in [2.05, 4.69) is 30.7 Å². The summed E-state index contributed by atoms with van der Waals surface area (Å²) in [4.78, 5) is 20.3. The summed E-state index contributed by atoms with van der Waals surface area (Å²) < 4.78 is 0. The molecule has 0 fully saturated rings. The van der Waals surface area contributed by atoms with Gasteiger partial charge in [-0.15, -0.1) is 0 Å². The van der Waals surface area contributed by atoms with Gasteiger partial charge in [0.25, 0.3) is 0 Å². The topological polar surface area (TPSA) is 77.8 Å². The molecule has 16 heavy (non-hydrogen) atoms. The standard InChI is InChI=1S/C9H17N.C2H2O4/c1-5-7-9(3)10(4)8-6-2;3-1(4)2(5)6/h9H,5,7H2,1-4H3;(H,3,4)(H,5,6).